The van der Waals surface area contributed by atoms with E-state index in [0.29, 0.717) is 10.6 Å². The van der Waals surface area contributed by atoms with Crippen molar-refractivity contribution in [2.75, 3.05) is 0 Å². The number of halogens is 2. The van der Waals surface area contributed by atoms with Crippen LogP contribution in [0.2, 0.25) is 5.02 Å². The van der Waals surface area contributed by atoms with E-state index in [1.54, 1.807) is 18.2 Å². The quantitative estimate of drug-likeness (QED) is 0.871. The summed E-state index contributed by atoms with van der Waals surface area (Å²) in [5.74, 6) is -0.134. The zero-order valence-electron chi connectivity index (χ0n) is 10.4. The van der Waals surface area contributed by atoms with Crippen LogP contribution in [0.5, 0.6) is 0 Å². The molecule has 0 aromatic heterocycles. The van der Waals surface area contributed by atoms with Gasteiger partial charge in [0.15, 0.2) is 0 Å². The molecule has 2 nitrogen and oxygen atoms in total. The molecule has 0 fully saturated rings. The first kappa shape index (κ1) is 14.1. The highest BCUT2D eigenvalue weighted by Gasteiger charge is 2.12. The van der Waals surface area contributed by atoms with Crippen molar-refractivity contribution in [3.05, 3.63) is 69.2 Å². The molecule has 0 bridgehead atoms. The zero-order valence-corrected chi connectivity index (χ0v) is 12.7. The Labute approximate surface area is 125 Å². The van der Waals surface area contributed by atoms with Crippen LogP contribution in [0.1, 0.15) is 28.9 Å². The Morgan fingerprint density at radius 3 is 2.53 bits per heavy atom. The van der Waals surface area contributed by atoms with E-state index >= 15 is 0 Å². The van der Waals surface area contributed by atoms with E-state index in [4.69, 9.17) is 11.6 Å². The van der Waals surface area contributed by atoms with Crippen molar-refractivity contribution >= 4 is 33.4 Å². The largest absolute Gasteiger partial charge is 0.346 e. The second-order valence-electron chi connectivity index (χ2n) is 4.23. The predicted molar refractivity (Wildman–Crippen MR) is 81.5 cm³/mol. The van der Waals surface area contributed by atoms with Gasteiger partial charge in [0, 0.05) is 10.0 Å². The van der Waals surface area contributed by atoms with Gasteiger partial charge in [0.2, 0.25) is 0 Å². The number of nitrogens with one attached hydrogen (secondary N) is 1. The number of hydrogen-bond acceptors (Lipinski definition) is 1. The van der Waals surface area contributed by atoms with Gasteiger partial charge in [-0.1, -0.05) is 41.9 Å². The minimum Gasteiger partial charge on any atom is -0.346 e. The summed E-state index contributed by atoms with van der Waals surface area (Å²) in [7, 11) is 0. The monoisotopic (exact) mass is 337 g/mol. The minimum absolute atomic E-state index is 0.0453. The highest BCUT2D eigenvalue weighted by atomic mass is 79.9. The standard InChI is InChI=1S/C15H13BrClNO/c1-10(11-5-3-2-4-6-11)18-15(19)12-7-8-13(16)14(17)9-12/h2-10H,1H3,(H,18,19). The molecule has 1 atom stereocenters. The molecule has 0 heterocycles. The van der Waals surface area contributed by atoms with E-state index in [1.807, 2.05) is 37.3 Å². The number of amides is 1. The van der Waals surface area contributed by atoms with E-state index in [0.717, 1.165) is 10.0 Å². The summed E-state index contributed by atoms with van der Waals surface area (Å²) in [6.07, 6.45) is 0. The summed E-state index contributed by atoms with van der Waals surface area (Å²) in [4.78, 5) is 12.1. The van der Waals surface area contributed by atoms with Gasteiger partial charge in [-0.3, -0.25) is 4.79 Å². The van der Waals surface area contributed by atoms with Crippen molar-refractivity contribution in [1.29, 1.82) is 0 Å². The molecule has 0 aliphatic carbocycles. The zero-order chi connectivity index (χ0) is 13.8. The fourth-order valence-electron chi connectivity index (χ4n) is 1.74. The molecule has 1 N–H and O–H groups in total. The number of benzene rings is 2. The molecule has 0 aliphatic heterocycles. The molecule has 1 unspecified atom stereocenters. The molecule has 19 heavy (non-hydrogen) atoms. The maximum Gasteiger partial charge on any atom is 0.251 e. The van der Waals surface area contributed by atoms with Gasteiger partial charge in [0.05, 0.1) is 11.1 Å². The van der Waals surface area contributed by atoms with Crippen LogP contribution < -0.4 is 5.32 Å². The lowest BCUT2D eigenvalue weighted by Crippen LogP contribution is -2.26. The number of carbonyl (C=O) groups is 1. The van der Waals surface area contributed by atoms with Crippen LogP contribution in [0.25, 0.3) is 0 Å². The van der Waals surface area contributed by atoms with Crippen LogP contribution >= 0.6 is 27.5 Å². The lowest BCUT2D eigenvalue weighted by Gasteiger charge is -2.14. The van der Waals surface area contributed by atoms with Crippen LogP contribution in [0, 0.1) is 0 Å². The van der Waals surface area contributed by atoms with Crippen molar-refractivity contribution < 1.29 is 4.79 Å². The van der Waals surface area contributed by atoms with Gasteiger partial charge < -0.3 is 5.32 Å². The molecular formula is C15H13BrClNO. The first-order chi connectivity index (χ1) is 9.08. The Balaban J connectivity index is 2.11. The fraction of sp³-hybridized carbons (Fsp3) is 0.133. The van der Waals surface area contributed by atoms with Crippen LogP contribution in [0.4, 0.5) is 0 Å². The van der Waals surface area contributed by atoms with Gasteiger partial charge in [-0.25, -0.2) is 0 Å². The summed E-state index contributed by atoms with van der Waals surface area (Å²) in [5, 5.41) is 3.47. The lowest BCUT2D eigenvalue weighted by atomic mass is 10.1. The van der Waals surface area contributed by atoms with E-state index in [1.165, 1.54) is 0 Å². The molecule has 98 valence electrons. The Kier molecular flexibility index (Phi) is 4.61. The van der Waals surface area contributed by atoms with E-state index in [-0.39, 0.29) is 11.9 Å². The van der Waals surface area contributed by atoms with Crippen molar-refractivity contribution in [3.63, 3.8) is 0 Å². The second-order valence-corrected chi connectivity index (χ2v) is 5.50. The summed E-state index contributed by atoms with van der Waals surface area (Å²) in [6.45, 7) is 1.95. The Bertz CT molecular complexity index is 586. The molecule has 2 rings (SSSR count). The van der Waals surface area contributed by atoms with Gasteiger partial charge >= 0.3 is 0 Å². The molecule has 0 spiro atoms. The summed E-state index contributed by atoms with van der Waals surface area (Å²) < 4.78 is 0.779. The van der Waals surface area contributed by atoms with Crippen LogP contribution in [-0.2, 0) is 0 Å². The van der Waals surface area contributed by atoms with E-state index in [9.17, 15) is 4.79 Å². The fourth-order valence-corrected chi connectivity index (χ4v) is 2.17. The first-order valence-corrected chi connectivity index (χ1v) is 7.06. The molecule has 2 aromatic carbocycles. The van der Waals surface area contributed by atoms with Crippen LogP contribution in [0.3, 0.4) is 0 Å². The van der Waals surface area contributed by atoms with Gasteiger partial charge in [0.1, 0.15) is 0 Å². The maximum atomic E-state index is 12.1. The second kappa shape index (κ2) is 6.22. The van der Waals surface area contributed by atoms with Crippen LogP contribution in [0.15, 0.2) is 53.0 Å². The summed E-state index contributed by atoms with van der Waals surface area (Å²) in [5.41, 5.74) is 1.62. The molecule has 4 heteroatoms. The Hall–Kier alpha value is -1.32. The third-order valence-corrected chi connectivity index (χ3v) is 4.06. The predicted octanol–water partition coefficient (Wildman–Crippen LogP) is 4.59. The highest BCUT2D eigenvalue weighted by molar-refractivity contribution is 9.10. The summed E-state index contributed by atoms with van der Waals surface area (Å²) in [6, 6.07) is 14.9. The Morgan fingerprint density at radius 1 is 1.21 bits per heavy atom. The van der Waals surface area contributed by atoms with E-state index in [2.05, 4.69) is 21.2 Å². The molecule has 0 saturated heterocycles. The average molecular weight is 339 g/mol. The van der Waals surface area contributed by atoms with Gasteiger partial charge in [0.25, 0.3) is 5.91 Å². The van der Waals surface area contributed by atoms with Gasteiger partial charge in [-0.15, -0.1) is 0 Å². The molecule has 0 saturated carbocycles. The van der Waals surface area contributed by atoms with Crippen molar-refractivity contribution in [2.45, 2.75) is 13.0 Å². The molecule has 2 aromatic rings. The van der Waals surface area contributed by atoms with Crippen molar-refractivity contribution in [1.82, 2.24) is 5.32 Å². The minimum atomic E-state index is -0.134. The SMILES string of the molecule is CC(NC(=O)c1ccc(Br)c(Cl)c1)c1ccccc1. The van der Waals surface area contributed by atoms with E-state index < -0.39 is 0 Å². The van der Waals surface area contributed by atoms with Gasteiger partial charge in [-0.2, -0.15) is 0 Å². The third kappa shape index (κ3) is 3.58. The summed E-state index contributed by atoms with van der Waals surface area (Å²) >= 11 is 9.29. The topological polar surface area (TPSA) is 29.1 Å². The first-order valence-electron chi connectivity index (χ1n) is 5.89. The Morgan fingerprint density at radius 2 is 1.89 bits per heavy atom. The molecule has 0 aliphatic rings. The van der Waals surface area contributed by atoms with Crippen molar-refractivity contribution in [2.24, 2.45) is 0 Å². The molecular weight excluding hydrogens is 326 g/mol. The molecule has 0 radical (unpaired) electrons. The maximum absolute atomic E-state index is 12.1. The van der Waals surface area contributed by atoms with Crippen molar-refractivity contribution in [3.8, 4) is 0 Å². The molecule has 1 amide bonds. The average Bonchev–Trinajstić information content (AvgIpc) is 2.42. The third-order valence-electron chi connectivity index (χ3n) is 2.83. The smallest absolute Gasteiger partial charge is 0.251 e. The highest BCUT2D eigenvalue weighted by Crippen LogP contribution is 2.23. The number of carbonyl (C=O) groups excluding carboxylic acids is 1. The number of hydrogen-bond donors (Lipinski definition) is 1. The lowest BCUT2D eigenvalue weighted by molar-refractivity contribution is 0.0940. The normalized spacial score (nSPS) is 11.9. The van der Waals surface area contributed by atoms with Gasteiger partial charge in [-0.05, 0) is 46.6 Å². The van der Waals surface area contributed by atoms with Crippen LogP contribution in [-0.4, -0.2) is 5.91 Å². The number of rotatable bonds is 3.